The van der Waals surface area contributed by atoms with E-state index in [1.54, 1.807) is 24.3 Å². The fourth-order valence-corrected chi connectivity index (χ4v) is 2.05. The summed E-state index contributed by atoms with van der Waals surface area (Å²) in [6, 6.07) is 15.1. The number of carbonyl (C=O) groups excluding carboxylic acids is 1. The van der Waals surface area contributed by atoms with Crippen LogP contribution in [0.4, 0.5) is 0 Å². The monoisotopic (exact) mass is 325 g/mol. The Hall–Kier alpha value is -3.08. The minimum Gasteiger partial charge on any atom is -0.489 e. The van der Waals surface area contributed by atoms with Crippen molar-refractivity contribution in [3.63, 3.8) is 0 Å². The van der Waals surface area contributed by atoms with Gasteiger partial charge >= 0.3 is 5.97 Å². The summed E-state index contributed by atoms with van der Waals surface area (Å²) in [7, 11) is 0. The first-order valence-corrected chi connectivity index (χ1v) is 7.45. The van der Waals surface area contributed by atoms with E-state index in [0.717, 1.165) is 5.56 Å². The molecule has 0 saturated carbocycles. The second-order valence-electron chi connectivity index (χ2n) is 5.39. The van der Waals surface area contributed by atoms with E-state index in [1.165, 1.54) is 18.6 Å². The van der Waals surface area contributed by atoms with E-state index >= 15 is 0 Å². The van der Waals surface area contributed by atoms with E-state index < -0.39 is 11.9 Å². The zero-order chi connectivity index (χ0) is 17.5. The molecule has 0 spiro atoms. The number of amides is 1. The minimum atomic E-state index is -1.20. The molecule has 1 amide bonds. The van der Waals surface area contributed by atoms with Crippen molar-refractivity contribution in [1.82, 2.24) is 5.32 Å². The number of carboxylic acid groups (broad SMARTS) is 1. The summed E-state index contributed by atoms with van der Waals surface area (Å²) in [5.74, 6) is -1.01. The van der Waals surface area contributed by atoms with Gasteiger partial charge in [0.05, 0.1) is 0 Å². The number of hydrogen-bond acceptors (Lipinski definition) is 3. The molecular weight excluding hydrogens is 306 g/mol. The SMILES string of the molecule is CC(=O)N/C(=C/c1cccc(OCc2ccc(C)cc2)c1)C(=O)O. The van der Waals surface area contributed by atoms with Crippen LogP contribution < -0.4 is 10.1 Å². The third-order valence-electron chi connectivity index (χ3n) is 3.24. The quantitative estimate of drug-likeness (QED) is 0.800. The van der Waals surface area contributed by atoms with Gasteiger partial charge in [0, 0.05) is 6.92 Å². The van der Waals surface area contributed by atoms with Gasteiger partial charge in [-0.15, -0.1) is 0 Å². The first kappa shape index (κ1) is 17.3. The Bertz CT molecular complexity index is 763. The van der Waals surface area contributed by atoms with Gasteiger partial charge in [0.25, 0.3) is 0 Å². The Kier molecular flexibility index (Phi) is 5.73. The van der Waals surface area contributed by atoms with Gasteiger partial charge in [-0.25, -0.2) is 4.79 Å². The summed E-state index contributed by atoms with van der Waals surface area (Å²) >= 11 is 0. The van der Waals surface area contributed by atoms with Gasteiger partial charge in [-0.05, 0) is 36.3 Å². The first-order valence-electron chi connectivity index (χ1n) is 7.45. The van der Waals surface area contributed by atoms with E-state index in [2.05, 4.69) is 5.32 Å². The summed E-state index contributed by atoms with van der Waals surface area (Å²) in [6.45, 7) is 3.71. The maximum atomic E-state index is 11.1. The number of nitrogens with one attached hydrogen (secondary N) is 1. The van der Waals surface area contributed by atoms with Gasteiger partial charge in [0.15, 0.2) is 0 Å². The van der Waals surface area contributed by atoms with Crippen molar-refractivity contribution in [3.05, 3.63) is 70.9 Å². The average molecular weight is 325 g/mol. The van der Waals surface area contributed by atoms with Gasteiger partial charge in [-0.3, -0.25) is 4.79 Å². The maximum absolute atomic E-state index is 11.1. The number of aliphatic carboxylic acids is 1. The fourth-order valence-electron chi connectivity index (χ4n) is 2.05. The second kappa shape index (κ2) is 7.97. The van der Waals surface area contributed by atoms with Gasteiger partial charge < -0.3 is 15.2 Å². The molecule has 5 nitrogen and oxygen atoms in total. The third kappa shape index (κ3) is 5.28. The van der Waals surface area contributed by atoms with Gasteiger partial charge in [-0.2, -0.15) is 0 Å². The minimum absolute atomic E-state index is 0.182. The fraction of sp³-hybridized carbons (Fsp3) is 0.158. The highest BCUT2D eigenvalue weighted by Crippen LogP contribution is 2.17. The molecule has 5 heteroatoms. The lowest BCUT2D eigenvalue weighted by Gasteiger charge is -2.08. The van der Waals surface area contributed by atoms with Crippen LogP contribution >= 0.6 is 0 Å². The van der Waals surface area contributed by atoms with Crippen molar-refractivity contribution in [2.24, 2.45) is 0 Å². The molecule has 0 atom stereocenters. The number of rotatable bonds is 6. The molecule has 0 heterocycles. The molecule has 2 rings (SSSR count). The molecule has 2 N–H and O–H groups in total. The van der Waals surface area contributed by atoms with Gasteiger partial charge in [0.2, 0.25) is 5.91 Å². The molecule has 0 fully saturated rings. The summed E-state index contributed by atoms with van der Waals surface area (Å²) in [5.41, 5.74) is 2.68. The standard InChI is InChI=1S/C19H19NO4/c1-13-6-8-15(9-7-13)12-24-17-5-3-4-16(10-17)11-18(19(22)23)20-14(2)21/h3-11H,12H2,1-2H3,(H,20,21)(H,22,23)/b18-11+. The summed E-state index contributed by atoms with van der Waals surface area (Å²) in [6.07, 6.45) is 1.39. The number of carbonyl (C=O) groups is 2. The highest BCUT2D eigenvalue weighted by molar-refractivity contribution is 5.96. The predicted molar refractivity (Wildman–Crippen MR) is 91.4 cm³/mol. The highest BCUT2D eigenvalue weighted by atomic mass is 16.5. The average Bonchev–Trinajstić information content (AvgIpc) is 2.53. The summed E-state index contributed by atoms with van der Waals surface area (Å²) in [5, 5.41) is 11.4. The second-order valence-corrected chi connectivity index (χ2v) is 5.39. The molecule has 0 aliphatic carbocycles. The topological polar surface area (TPSA) is 75.6 Å². The lowest BCUT2D eigenvalue weighted by Crippen LogP contribution is -2.24. The Balaban J connectivity index is 2.11. The molecule has 2 aromatic carbocycles. The van der Waals surface area contributed by atoms with E-state index in [-0.39, 0.29) is 5.70 Å². The van der Waals surface area contributed by atoms with Crippen LogP contribution in [0.15, 0.2) is 54.2 Å². The molecule has 0 aliphatic rings. The molecule has 0 radical (unpaired) electrons. The molecular formula is C19H19NO4. The molecule has 0 unspecified atom stereocenters. The van der Waals surface area contributed by atoms with Crippen molar-refractivity contribution in [3.8, 4) is 5.75 Å². The predicted octanol–water partition coefficient (Wildman–Crippen LogP) is 3.14. The van der Waals surface area contributed by atoms with Gasteiger partial charge in [-0.1, -0.05) is 42.0 Å². The number of hydrogen-bond donors (Lipinski definition) is 2. The molecule has 0 saturated heterocycles. The van der Waals surface area contributed by atoms with Crippen LogP contribution in [0.25, 0.3) is 6.08 Å². The lowest BCUT2D eigenvalue weighted by molar-refractivity contribution is -0.134. The Labute approximate surface area is 140 Å². The van der Waals surface area contributed by atoms with Gasteiger partial charge in [0.1, 0.15) is 18.1 Å². The van der Waals surface area contributed by atoms with Crippen LogP contribution in [0.5, 0.6) is 5.75 Å². The van der Waals surface area contributed by atoms with Crippen molar-refractivity contribution in [2.45, 2.75) is 20.5 Å². The molecule has 0 aliphatic heterocycles. The maximum Gasteiger partial charge on any atom is 0.352 e. The zero-order valence-corrected chi connectivity index (χ0v) is 13.6. The van der Waals surface area contributed by atoms with Crippen LogP contribution in [-0.4, -0.2) is 17.0 Å². The van der Waals surface area contributed by atoms with E-state index in [4.69, 9.17) is 9.84 Å². The smallest absolute Gasteiger partial charge is 0.352 e. The molecule has 24 heavy (non-hydrogen) atoms. The molecule has 0 aromatic heterocycles. The third-order valence-corrected chi connectivity index (χ3v) is 3.24. The number of carboxylic acids is 1. The van der Waals surface area contributed by atoms with E-state index in [1.807, 2.05) is 31.2 Å². The number of ether oxygens (including phenoxy) is 1. The number of aryl methyl sites for hydroxylation is 1. The van der Waals surface area contributed by atoms with Crippen molar-refractivity contribution in [1.29, 1.82) is 0 Å². The largest absolute Gasteiger partial charge is 0.489 e. The Morgan fingerprint density at radius 1 is 1.17 bits per heavy atom. The van der Waals surface area contributed by atoms with Crippen molar-refractivity contribution >= 4 is 18.0 Å². The first-order chi connectivity index (χ1) is 11.4. The van der Waals surface area contributed by atoms with Crippen LogP contribution in [0, 0.1) is 6.92 Å². The van der Waals surface area contributed by atoms with Crippen LogP contribution in [-0.2, 0) is 16.2 Å². The van der Waals surface area contributed by atoms with Crippen LogP contribution in [0.2, 0.25) is 0 Å². The van der Waals surface area contributed by atoms with E-state index in [9.17, 15) is 9.59 Å². The Morgan fingerprint density at radius 2 is 1.88 bits per heavy atom. The van der Waals surface area contributed by atoms with Crippen LogP contribution in [0.3, 0.4) is 0 Å². The Morgan fingerprint density at radius 3 is 2.50 bits per heavy atom. The number of benzene rings is 2. The van der Waals surface area contributed by atoms with Crippen molar-refractivity contribution in [2.75, 3.05) is 0 Å². The molecule has 2 aromatic rings. The zero-order valence-electron chi connectivity index (χ0n) is 13.6. The lowest BCUT2D eigenvalue weighted by atomic mass is 10.1. The summed E-state index contributed by atoms with van der Waals surface area (Å²) in [4.78, 5) is 22.2. The summed E-state index contributed by atoms with van der Waals surface area (Å²) < 4.78 is 5.73. The highest BCUT2D eigenvalue weighted by Gasteiger charge is 2.09. The van der Waals surface area contributed by atoms with Crippen LogP contribution in [0.1, 0.15) is 23.6 Å². The molecule has 124 valence electrons. The normalized spacial score (nSPS) is 11.0. The van der Waals surface area contributed by atoms with Crippen molar-refractivity contribution < 1.29 is 19.4 Å². The molecule has 0 bridgehead atoms. The van der Waals surface area contributed by atoms with E-state index in [0.29, 0.717) is 17.9 Å².